The van der Waals surface area contributed by atoms with E-state index in [4.69, 9.17) is 9.15 Å². The molecule has 5 heteroatoms. The fraction of sp³-hybridized carbons (Fsp3) is 0.211. The summed E-state index contributed by atoms with van der Waals surface area (Å²) < 4.78 is 23.4. The van der Waals surface area contributed by atoms with Crippen molar-refractivity contribution in [1.29, 1.82) is 0 Å². The van der Waals surface area contributed by atoms with Crippen LogP contribution in [0, 0.1) is 5.82 Å². The second-order valence-electron chi connectivity index (χ2n) is 5.75. The van der Waals surface area contributed by atoms with E-state index in [-0.39, 0.29) is 11.4 Å². The molecule has 0 aliphatic heterocycles. The number of nitrogens with zero attached hydrogens (tertiary/aromatic N) is 1. The summed E-state index contributed by atoms with van der Waals surface area (Å²) in [5.41, 5.74) is 2.01. The van der Waals surface area contributed by atoms with Crippen LogP contribution in [-0.2, 0) is 13.1 Å². The maximum Gasteiger partial charge on any atom is 0.336 e. The van der Waals surface area contributed by atoms with Crippen LogP contribution in [0.15, 0.2) is 57.7 Å². The molecule has 0 amide bonds. The summed E-state index contributed by atoms with van der Waals surface area (Å²) >= 11 is 0. The van der Waals surface area contributed by atoms with Gasteiger partial charge < -0.3 is 9.15 Å². The van der Waals surface area contributed by atoms with Gasteiger partial charge >= 0.3 is 5.63 Å². The van der Waals surface area contributed by atoms with Crippen LogP contribution in [0.25, 0.3) is 11.0 Å². The minimum absolute atomic E-state index is 0.248. The smallest absolute Gasteiger partial charge is 0.336 e. The Morgan fingerprint density at radius 3 is 2.54 bits per heavy atom. The summed E-state index contributed by atoms with van der Waals surface area (Å²) in [7, 11) is 3.52. The molecule has 0 fully saturated rings. The fourth-order valence-corrected chi connectivity index (χ4v) is 2.72. The Balaban J connectivity index is 1.86. The van der Waals surface area contributed by atoms with Gasteiger partial charge in [0.1, 0.15) is 17.1 Å². The number of hydrogen-bond acceptors (Lipinski definition) is 4. The first-order valence-electron chi connectivity index (χ1n) is 7.59. The molecule has 0 N–H and O–H groups in total. The molecule has 0 atom stereocenters. The maximum absolute atomic E-state index is 13.0. The van der Waals surface area contributed by atoms with E-state index in [2.05, 4.69) is 4.90 Å². The van der Waals surface area contributed by atoms with Crippen molar-refractivity contribution in [2.24, 2.45) is 0 Å². The van der Waals surface area contributed by atoms with Gasteiger partial charge in [-0.1, -0.05) is 12.1 Å². The van der Waals surface area contributed by atoms with Gasteiger partial charge in [-0.25, -0.2) is 9.18 Å². The molecule has 3 aromatic rings. The molecule has 2 aromatic carbocycles. The Hall–Kier alpha value is -2.66. The van der Waals surface area contributed by atoms with E-state index >= 15 is 0 Å². The predicted molar refractivity (Wildman–Crippen MR) is 90.6 cm³/mol. The molecule has 3 rings (SSSR count). The Bertz CT molecular complexity index is 903. The SMILES string of the molecule is COc1ccc2c(CN(C)Cc3ccc(F)cc3)cc(=O)oc2c1. The van der Waals surface area contributed by atoms with Gasteiger partial charge in [-0.2, -0.15) is 0 Å². The molecule has 0 aliphatic rings. The van der Waals surface area contributed by atoms with E-state index in [1.165, 1.54) is 18.2 Å². The summed E-state index contributed by atoms with van der Waals surface area (Å²) in [4.78, 5) is 13.9. The molecule has 0 bridgehead atoms. The topological polar surface area (TPSA) is 42.7 Å². The molecule has 0 aliphatic carbocycles. The van der Waals surface area contributed by atoms with Crippen LogP contribution < -0.4 is 10.4 Å². The molecule has 0 unspecified atom stereocenters. The lowest BCUT2D eigenvalue weighted by atomic mass is 10.1. The number of rotatable bonds is 5. The molecular weight excluding hydrogens is 309 g/mol. The van der Waals surface area contributed by atoms with Crippen molar-refractivity contribution < 1.29 is 13.5 Å². The van der Waals surface area contributed by atoms with Crippen LogP contribution in [0.1, 0.15) is 11.1 Å². The predicted octanol–water partition coefficient (Wildman–Crippen LogP) is 3.57. The Morgan fingerprint density at radius 2 is 1.83 bits per heavy atom. The van der Waals surface area contributed by atoms with Crippen molar-refractivity contribution in [3.05, 3.63) is 75.9 Å². The molecule has 124 valence electrons. The molecular formula is C19H18FNO3. The highest BCUT2D eigenvalue weighted by Crippen LogP contribution is 2.23. The monoisotopic (exact) mass is 327 g/mol. The summed E-state index contributed by atoms with van der Waals surface area (Å²) in [5.74, 6) is 0.393. The van der Waals surface area contributed by atoms with Crippen LogP contribution >= 0.6 is 0 Å². The quantitative estimate of drug-likeness (QED) is 0.672. The molecule has 0 spiro atoms. The maximum atomic E-state index is 13.0. The summed E-state index contributed by atoms with van der Waals surface area (Å²) in [6.07, 6.45) is 0. The molecule has 0 saturated carbocycles. The standard InChI is InChI=1S/C19H18FNO3/c1-21(11-13-3-5-15(20)6-4-13)12-14-9-19(22)24-18-10-16(23-2)7-8-17(14)18/h3-10H,11-12H2,1-2H3. The molecule has 24 heavy (non-hydrogen) atoms. The van der Waals surface area contributed by atoms with Gasteiger partial charge in [0.15, 0.2) is 0 Å². The average Bonchev–Trinajstić information content (AvgIpc) is 2.56. The molecule has 1 aromatic heterocycles. The van der Waals surface area contributed by atoms with Gasteiger partial charge in [-0.15, -0.1) is 0 Å². The highest BCUT2D eigenvalue weighted by molar-refractivity contribution is 5.81. The minimum Gasteiger partial charge on any atom is -0.497 e. The van der Waals surface area contributed by atoms with E-state index in [9.17, 15) is 9.18 Å². The Morgan fingerprint density at radius 1 is 1.08 bits per heavy atom. The number of fused-ring (bicyclic) bond motifs is 1. The van der Waals surface area contributed by atoms with Crippen LogP contribution in [0.3, 0.4) is 0 Å². The lowest BCUT2D eigenvalue weighted by molar-refractivity contribution is 0.319. The zero-order valence-corrected chi connectivity index (χ0v) is 13.6. The van der Waals surface area contributed by atoms with Crippen LogP contribution in [-0.4, -0.2) is 19.1 Å². The molecule has 0 saturated heterocycles. The summed E-state index contributed by atoms with van der Waals surface area (Å²) in [6, 6.07) is 13.4. The Labute approximate surface area is 139 Å². The third-order valence-electron chi connectivity index (χ3n) is 3.84. The van der Waals surface area contributed by atoms with Crippen molar-refractivity contribution in [2.75, 3.05) is 14.2 Å². The second-order valence-corrected chi connectivity index (χ2v) is 5.75. The zero-order valence-electron chi connectivity index (χ0n) is 13.6. The fourth-order valence-electron chi connectivity index (χ4n) is 2.72. The number of methoxy groups -OCH3 is 1. The lowest BCUT2D eigenvalue weighted by Crippen LogP contribution is -2.18. The van der Waals surface area contributed by atoms with Crippen molar-refractivity contribution in [3.8, 4) is 5.75 Å². The van der Waals surface area contributed by atoms with E-state index in [1.54, 1.807) is 25.3 Å². The van der Waals surface area contributed by atoms with Gasteiger partial charge in [-0.3, -0.25) is 4.90 Å². The molecule has 0 radical (unpaired) electrons. The third kappa shape index (κ3) is 3.63. The van der Waals surface area contributed by atoms with E-state index in [1.807, 2.05) is 19.2 Å². The van der Waals surface area contributed by atoms with Gasteiger partial charge in [0.2, 0.25) is 0 Å². The number of hydrogen-bond donors (Lipinski definition) is 0. The first-order valence-corrected chi connectivity index (χ1v) is 7.59. The van der Waals surface area contributed by atoms with Crippen molar-refractivity contribution in [2.45, 2.75) is 13.1 Å². The van der Waals surface area contributed by atoms with Crippen LogP contribution in [0.4, 0.5) is 4.39 Å². The molecule has 1 heterocycles. The number of benzene rings is 2. The van der Waals surface area contributed by atoms with Crippen molar-refractivity contribution in [1.82, 2.24) is 4.90 Å². The van der Waals surface area contributed by atoms with Gasteiger partial charge in [0.25, 0.3) is 0 Å². The Kier molecular flexibility index (Phi) is 4.62. The van der Waals surface area contributed by atoms with Crippen molar-refractivity contribution in [3.63, 3.8) is 0 Å². The van der Waals surface area contributed by atoms with Crippen molar-refractivity contribution >= 4 is 11.0 Å². The number of ether oxygens (including phenoxy) is 1. The second kappa shape index (κ2) is 6.84. The first kappa shape index (κ1) is 16.2. The normalized spacial score (nSPS) is 11.2. The highest BCUT2D eigenvalue weighted by atomic mass is 19.1. The zero-order chi connectivity index (χ0) is 17.1. The lowest BCUT2D eigenvalue weighted by Gasteiger charge is -2.17. The minimum atomic E-state index is -0.388. The van der Waals surface area contributed by atoms with E-state index in [0.717, 1.165) is 16.5 Å². The van der Waals surface area contributed by atoms with Gasteiger partial charge in [-0.05, 0) is 42.4 Å². The van der Waals surface area contributed by atoms with Gasteiger partial charge in [0.05, 0.1) is 7.11 Å². The van der Waals surface area contributed by atoms with Crippen LogP contribution in [0.5, 0.6) is 5.75 Å². The summed E-state index contributed by atoms with van der Waals surface area (Å²) in [5, 5.41) is 0.876. The average molecular weight is 327 g/mol. The highest BCUT2D eigenvalue weighted by Gasteiger charge is 2.10. The van der Waals surface area contributed by atoms with Crippen LogP contribution in [0.2, 0.25) is 0 Å². The molecule has 4 nitrogen and oxygen atoms in total. The van der Waals surface area contributed by atoms with E-state index in [0.29, 0.717) is 24.4 Å². The largest absolute Gasteiger partial charge is 0.497 e. The van der Waals surface area contributed by atoms with Gasteiger partial charge in [0, 0.05) is 30.6 Å². The first-order chi connectivity index (χ1) is 11.5. The van der Waals surface area contributed by atoms with E-state index < -0.39 is 0 Å². The number of halogens is 1. The summed E-state index contributed by atoms with van der Waals surface area (Å²) in [6.45, 7) is 1.23. The third-order valence-corrected chi connectivity index (χ3v) is 3.84.